The lowest BCUT2D eigenvalue weighted by Gasteiger charge is -2.08. The monoisotopic (exact) mass is 385 g/mol. The highest BCUT2D eigenvalue weighted by Crippen LogP contribution is 2.30. The summed E-state index contributed by atoms with van der Waals surface area (Å²) in [5.74, 6) is -0.583. The van der Waals surface area contributed by atoms with Gasteiger partial charge in [-0.25, -0.2) is 4.79 Å². The van der Waals surface area contributed by atoms with Crippen molar-refractivity contribution in [3.8, 4) is 11.5 Å². The highest BCUT2D eigenvalue weighted by atomic mass is 127. The normalized spacial score (nSPS) is 10.1. The number of rotatable bonds is 4. The van der Waals surface area contributed by atoms with Gasteiger partial charge >= 0.3 is 5.97 Å². The summed E-state index contributed by atoms with van der Waals surface area (Å²) in [6.45, 7) is 0. The lowest BCUT2D eigenvalue weighted by Crippen LogP contribution is -2.03. The summed E-state index contributed by atoms with van der Waals surface area (Å²) in [7, 11) is 0. The molecule has 6 nitrogen and oxygen atoms in total. The standard InChI is InChI=1S/C13H8INO5/c14-10-3-1-2-4-12(10)20-8-5-6-11(15(18)19)9(7-8)13(16)17/h1-7H,(H,16,17). The van der Waals surface area contributed by atoms with Crippen molar-refractivity contribution in [3.63, 3.8) is 0 Å². The second kappa shape index (κ2) is 5.87. The molecule has 0 aliphatic carbocycles. The Morgan fingerprint density at radius 3 is 2.55 bits per heavy atom. The zero-order valence-electron chi connectivity index (χ0n) is 9.95. The first-order valence-corrected chi connectivity index (χ1v) is 6.51. The zero-order valence-corrected chi connectivity index (χ0v) is 12.1. The third-order valence-corrected chi connectivity index (χ3v) is 3.35. The Morgan fingerprint density at radius 1 is 1.25 bits per heavy atom. The van der Waals surface area contributed by atoms with E-state index in [-0.39, 0.29) is 5.75 Å². The summed E-state index contributed by atoms with van der Waals surface area (Å²) in [4.78, 5) is 21.0. The van der Waals surface area contributed by atoms with Crippen LogP contribution in [0.2, 0.25) is 0 Å². The summed E-state index contributed by atoms with van der Waals surface area (Å²) in [6.07, 6.45) is 0. The molecule has 2 aromatic carbocycles. The summed E-state index contributed by atoms with van der Waals surface area (Å²) in [5, 5.41) is 19.7. The molecule has 0 aliphatic heterocycles. The Labute approximate surface area is 127 Å². The Bertz CT molecular complexity index is 686. The number of aromatic carboxylic acids is 1. The number of benzene rings is 2. The summed E-state index contributed by atoms with van der Waals surface area (Å²) < 4.78 is 6.39. The van der Waals surface area contributed by atoms with Crippen LogP contribution in [-0.2, 0) is 0 Å². The van der Waals surface area contributed by atoms with E-state index in [9.17, 15) is 14.9 Å². The number of carbonyl (C=O) groups is 1. The molecule has 20 heavy (non-hydrogen) atoms. The largest absolute Gasteiger partial charge is 0.477 e. The Morgan fingerprint density at radius 2 is 1.95 bits per heavy atom. The molecule has 0 saturated carbocycles. The van der Waals surface area contributed by atoms with Crippen LogP contribution in [0.4, 0.5) is 5.69 Å². The number of nitro groups is 1. The van der Waals surface area contributed by atoms with Crippen LogP contribution in [0.3, 0.4) is 0 Å². The quantitative estimate of drug-likeness (QED) is 0.493. The minimum atomic E-state index is -1.37. The van der Waals surface area contributed by atoms with Crippen LogP contribution in [0.1, 0.15) is 10.4 Å². The highest BCUT2D eigenvalue weighted by Gasteiger charge is 2.20. The number of nitro benzene ring substituents is 1. The molecule has 0 amide bonds. The number of carboxylic acids is 1. The summed E-state index contributed by atoms with van der Waals surface area (Å²) in [5.41, 5.74) is -0.869. The first-order valence-electron chi connectivity index (χ1n) is 5.43. The molecule has 0 saturated heterocycles. The molecule has 0 bridgehead atoms. The molecule has 2 rings (SSSR count). The SMILES string of the molecule is O=C(O)c1cc(Oc2ccccc2I)ccc1[N+](=O)[O-]. The van der Waals surface area contributed by atoms with Crippen LogP contribution >= 0.6 is 22.6 Å². The predicted octanol–water partition coefficient (Wildman–Crippen LogP) is 3.69. The molecule has 0 heterocycles. The van der Waals surface area contributed by atoms with E-state index in [0.29, 0.717) is 5.75 Å². The molecule has 0 unspecified atom stereocenters. The minimum absolute atomic E-state index is 0.233. The van der Waals surface area contributed by atoms with Gasteiger partial charge in [0.15, 0.2) is 0 Å². The van der Waals surface area contributed by atoms with Crippen molar-refractivity contribution in [1.29, 1.82) is 0 Å². The molecule has 0 radical (unpaired) electrons. The van der Waals surface area contributed by atoms with Gasteiger partial charge in [-0.1, -0.05) is 12.1 Å². The van der Waals surface area contributed by atoms with Crippen LogP contribution in [0.5, 0.6) is 11.5 Å². The van der Waals surface area contributed by atoms with E-state index in [1.54, 1.807) is 12.1 Å². The van der Waals surface area contributed by atoms with Crippen molar-refractivity contribution in [3.05, 3.63) is 61.7 Å². The molecule has 102 valence electrons. The fourth-order valence-corrected chi connectivity index (χ4v) is 2.06. The van der Waals surface area contributed by atoms with E-state index in [2.05, 4.69) is 22.6 Å². The molecule has 2 aromatic rings. The van der Waals surface area contributed by atoms with Crippen molar-refractivity contribution in [2.24, 2.45) is 0 Å². The molecule has 0 atom stereocenters. The molecule has 0 aromatic heterocycles. The van der Waals surface area contributed by atoms with Crippen molar-refractivity contribution in [2.45, 2.75) is 0 Å². The van der Waals surface area contributed by atoms with Crippen molar-refractivity contribution in [2.75, 3.05) is 0 Å². The number of hydrogen-bond acceptors (Lipinski definition) is 4. The second-order valence-corrected chi connectivity index (χ2v) is 4.94. The number of ether oxygens (including phenoxy) is 1. The smallest absolute Gasteiger partial charge is 0.342 e. The van der Waals surface area contributed by atoms with E-state index < -0.39 is 22.1 Å². The molecule has 0 aliphatic rings. The number of halogens is 1. The Hall–Kier alpha value is -2.16. The molecule has 1 N–H and O–H groups in total. The van der Waals surface area contributed by atoms with Gasteiger partial charge in [-0.3, -0.25) is 10.1 Å². The van der Waals surface area contributed by atoms with Gasteiger partial charge in [0.05, 0.1) is 8.49 Å². The van der Waals surface area contributed by atoms with Gasteiger partial charge in [0, 0.05) is 12.1 Å². The average Bonchev–Trinajstić information content (AvgIpc) is 2.41. The van der Waals surface area contributed by atoms with Gasteiger partial charge in [-0.05, 0) is 40.8 Å². The zero-order chi connectivity index (χ0) is 14.7. The summed E-state index contributed by atoms with van der Waals surface area (Å²) in [6, 6.07) is 10.8. The third-order valence-electron chi connectivity index (χ3n) is 2.46. The van der Waals surface area contributed by atoms with E-state index >= 15 is 0 Å². The highest BCUT2D eigenvalue weighted by molar-refractivity contribution is 14.1. The van der Waals surface area contributed by atoms with Gasteiger partial charge in [-0.15, -0.1) is 0 Å². The van der Waals surface area contributed by atoms with Crippen molar-refractivity contribution in [1.82, 2.24) is 0 Å². The lowest BCUT2D eigenvalue weighted by molar-refractivity contribution is -0.385. The molecule has 7 heteroatoms. The average molecular weight is 385 g/mol. The Balaban J connectivity index is 2.40. The summed E-state index contributed by atoms with van der Waals surface area (Å²) >= 11 is 2.08. The molecular weight excluding hydrogens is 377 g/mol. The van der Waals surface area contributed by atoms with Gasteiger partial charge in [-0.2, -0.15) is 0 Å². The van der Waals surface area contributed by atoms with Gasteiger partial charge in [0.2, 0.25) is 0 Å². The maximum atomic E-state index is 11.0. The third kappa shape index (κ3) is 3.05. The van der Waals surface area contributed by atoms with Crippen LogP contribution < -0.4 is 4.74 Å². The maximum Gasteiger partial charge on any atom is 0.342 e. The first-order chi connectivity index (χ1) is 9.49. The van der Waals surface area contributed by atoms with Crippen LogP contribution in [0, 0.1) is 13.7 Å². The topological polar surface area (TPSA) is 89.7 Å². The number of hydrogen-bond donors (Lipinski definition) is 1. The first kappa shape index (κ1) is 14.3. The minimum Gasteiger partial charge on any atom is -0.477 e. The van der Waals surface area contributed by atoms with Gasteiger partial charge < -0.3 is 9.84 Å². The van der Waals surface area contributed by atoms with E-state index in [0.717, 1.165) is 15.7 Å². The number of nitrogens with zero attached hydrogens (tertiary/aromatic N) is 1. The van der Waals surface area contributed by atoms with Crippen LogP contribution in [-0.4, -0.2) is 16.0 Å². The van der Waals surface area contributed by atoms with Gasteiger partial charge in [0.25, 0.3) is 5.69 Å². The molecular formula is C13H8INO5. The fourth-order valence-electron chi connectivity index (χ4n) is 1.56. The van der Waals surface area contributed by atoms with Crippen LogP contribution in [0.25, 0.3) is 0 Å². The second-order valence-electron chi connectivity index (χ2n) is 3.77. The van der Waals surface area contributed by atoms with Crippen molar-refractivity contribution < 1.29 is 19.6 Å². The maximum absolute atomic E-state index is 11.0. The number of carboxylic acid groups (broad SMARTS) is 1. The van der Waals surface area contributed by atoms with Crippen LogP contribution in [0.15, 0.2) is 42.5 Å². The van der Waals surface area contributed by atoms with Gasteiger partial charge in [0.1, 0.15) is 17.1 Å². The predicted molar refractivity (Wildman–Crippen MR) is 79.3 cm³/mol. The van der Waals surface area contributed by atoms with E-state index in [1.807, 2.05) is 12.1 Å². The van der Waals surface area contributed by atoms with Crippen molar-refractivity contribution >= 4 is 34.2 Å². The molecule has 0 fully saturated rings. The number of para-hydroxylation sites is 1. The fraction of sp³-hybridized carbons (Fsp3) is 0. The molecule has 0 spiro atoms. The lowest BCUT2D eigenvalue weighted by atomic mass is 10.1. The van der Waals surface area contributed by atoms with E-state index in [1.165, 1.54) is 6.07 Å². The Kier molecular flexibility index (Phi) is 4.18. The van der Waals surface area contributed by atoms with E-state index in [4.69, 9.17) is 9.84 Å².